The van der Waals surface area contributed by atoms with Crippen LogP contribution in [0.1, 0.15) is 18.4 Å². The molecule has 4 heteroatoms. The number of benzene rings is 1. The van der Waals surface area contributed by atoms with Crippen LogP contribution in [0.15, 0.2) is 57.0 Å². The van der Waals surface area contributed by atoms with Gasteiger partial charge in [0.2, 0.25) is 0 Å². The zero-order chi connectivity index (χ0) is 13.1. The number of hydrogen-bond donors (Lipinski definition) is 1. The molecular formula is C15H15BrN2S. The minimum atomic E-state index is 0.748. The van der Waals surface area contributed by atoms with Crippen molar-refractivity contribution in [3.8, 4) is 0 Å². The molecule has 1 saturated carbocycles. The van der Waals surface area contributed by atoms with Gasteiger partial charge in [-0.25, -0.2) is 0 Å². The van der Waals surface area contributed by atoms with Gasteiger partial charge >= 0.3 is 0 Å². The molecule has 1 aromatic heterocycles. The summed E-state index contributed by atoms with van der Waals surface area (Å²) in [5.74, 6) is 0. The number of aromatic nitrogens is 1. The Morgan fingerprint density at radius 2 is 1.95 bits per heavy atom. The molecule has 1 aromatic carbocycles. The lowest BCUT2D eigenvalue weighted by molar-refractivity contribution is 0.685. The third kappa shape index (κ3) is 3.81. The van der Waals surface area contributed by atoms with E-state index in [2.05, 4.69) is 44.4 Å². The van der Waals surface area contributed by atoms with E-state index in [0.29, 0.717) is 0 Å². The molecule has 1 aliphatic carbocycles. The van der Waals surface area contributed by atoms with Crippen molar-refractivity contribution in [2.45, 2.75) is 35.2 Å². The van der Waals surface area contributed by atoms with E-state index in [-0.39, 0.29) is 0 Å². The highest BCUT2D eigenvalue weighted by atomic mass is 79.9. The monoisotopic (exact) mass is 334 g/mol. The van der Waals surface area contributed by atoms with E-state index in [1.165, 1.54) is 32.7 Å². The molecule has 1 fully saturated rings. The average molecular weight is 335 g/mol. The number of rotatable bonds is 5. The maximum absolute atomic E-state index is 4.03. The van der Waals surface area contributed by atoms with Crippen molar-refractivity contribution >= 4 is 27.7 Å². The van der Waals surface area contributed by atoms with Crippen molar-refractivity contribution in [2.24, 2.45) is 0 Å². The Hall–Kier alpha value is -0.840. The first-order chi connectivity index (χ1) is 9.31. The van der Waals surface area contributed by atoms with E-state index in [4.69, 9.17) is 0 Å². The lowest BCUT2D eigenvalue weighted by Gasteiger charge is -2.08. The SMILES string of the molecule is Brc1cc(Sc2ccncc2)ccc1CNC1CC1. The number of hydrogen-bond acceptors (Lipinski definition) is 3. The van der Waals surface area contributed by atoms with Crippen LogP contribution in [0.25, 0.3) is 0 Å². The van der Waals surface area contributed by atoms with Gasteiger partial charge in [-0.05, 0) is 42.7 Å². The summed E-state index contributed by atoms with van der Waals surface area (Å²) in [6, 6.07) is 11.4. The van der Waals surface area contributed by atoms with Gasteiger partial charge < -0.3 is 5.32 Å². The Kier molecular flexibility index (Phi) is 4.21. The first-order valence-electron chi connectivity index (χ1n) is 6.41. The second-order valence-corrected chi connectivity index (χ2v) is 6.69. The highest BCUT2D eigenvalue weighted by molar-refractivity contribution is 9.10. The van der Waals surface area contributed by atoms with Crippen molar-refractivity contribution < 1.29 is 0 Å². The summed E-state index contributed by atoms with van der Waals surface area (Å²) in [6.07, 6.45) is 6.30. The molecule has 2 nitrogen and oxygen atoms in total. The molecule has 0 amide bonds. The Bertz CT molecular complexity index is 555. The van der Waals surface area contributed by atoms with Gasteiger partial charge in [0.1, 0.15) is 0 Å². The molecule has 3 rings (SSSR count). The molecule has 0 saturated heterocycles. The number of nitrogens with zero attached hydrogens (tertiary/aromatic N) is 1. The van der Waals surface area contributed by atoms with Gasteiger partial charge in [-0.2, -0.15) is 0 Å². The van der Waals surface area contributed by atoms with E-state index in [1.807, 2.05) is 24.5 Å². The smallest absolute Gasteiger partial charge is 0.0279 e. The fourth-order valence-corrected chi connectivity index (χ4v) is 3.33. The summed E-state index contributed by atoms with van der Waals surface area (Å²) in [7, 11) is 0. The standard InChI is InChI=1S/C15H15BrN2S/c16-15-9-14(19-13-5-7-17-8-6-13)4-1-11(15)10-18-12-2-3-12/h1,4-9,12,18H,2-3,10H2. The van der Waals surface area contributed by atoms with Gasteiger partial charge in [0.15, 0.2) is 0 Å². The van der Waals surface area contributed by atoms with Gasteiger partial charge in [0, 0.05) is 39.2 Å². The first kappa shape index (κ1) is 13.2. The third-order valence-corrected chi connectivity index (χ3v) is 4.80. The molecule has 98 valence electrons. The normalized spacial score (nSPS) is 14.6. The summed E-state index contributed by atoms with van der Waals surface area (Å²) in [6.45, 7) is 0.950. The summed E-state index contributed by atoms with van der Waals surface area (Å²) in [5, 5.41) is 3.54. The van der Waals surface area contributed by atoms with Gasteiger partial charge in [0.25, 0.3) is 0 Å². The molecule has 0 atom stereocenters. The average Bonchev–Trinajstić information content (AvgIpc) is 3.23. The first-order valence-corrected chi connectivity index (χ1v) is 8.02. The molecule has 2 aromatic rings. The second-order valence-electron chi connectivity index (χ2n) is 4.69. The molecule has 0 bridgehead atoms. The lowest BCUT2D eigenvalue weighted by Crippen LogP contribution is -2.15. The molecule has 1 heterocycles. The molecular weight excluding hydrogens is 320 g/mol. The number of pyridine rings is 1. The van der Waals surface area contributed by atoms with Gasteiger partial charge in [-0.1, -0.05) is 33.8 Å². The van der Waals surface area contributed by atoms with E-state index in [9.17, 15) is 0 Å². The number of halogens is 1. The second kappa shape index (κ2) is 6.07. The number of nitrogens with one attached hydrogen (secondary N) is 1. The van der Waals surface area contributed by atoms with Crippen molar-refractivity contribution in [1.29, 1.82) is 0 Å². The highest BCUT2D eigenvalue weighted by Gasteiger charge is 2.20. The van der Waals surface area contributed by atoms with Gasteiger partial charge in [-0.3, -0.25) is 4.98 Å². The fraction of sp³-hybridized carbons (Fsp3) is 0.267. The van der Waals surface area contributed by atoms with Crippen LogP contribution in [0.2, 0.25) is 0 Å². The van der Waals surface area contributed by atoms with E-state index >= 15 is 0 Å². The van der Waals surface area contributed by atoms with Gasteiger partial charge in [0.05, 0.1) is 0 Å². The predicted molar refractivity (Wildman–Crippen MR) is 82.4 cm³/mol. The van der Waals surface area contributed by atoms with Crippen molar-refractivity contribution in [3.05, 3.63) is 52.8 Å². The Morgan fingerprint density at radius 1 is 1.16 bits per heavy atom. The summed E-state index contributed by atoms with van der Waals surface area (Å²) in [5.41, 5.74) is 1.32. The van der Waals surface area contributed by atoms with Crippen LogP contribution in [0.5, 0.6) is 0 Å². The fourth-order valence-electron chi connectivity index (χ4n) is 1.82. The molecule has 19 heavy (non-hydrogen) atoms. The molecule has 1 N–H and O–H groups in total. The molecule has 1 aliphatic rings. The van der Waals surface area contributed by atoms with E-state index in [1.54, 1.807) is 11.8 Å². The minimum Gasteiger partial charge on any atom is -0.310 e. The van der Waals surface area contributed by atoms with Crippen LogP contribution in [0.3, 0.4) is 0 Å². The molecule has 0 unspecified atom stereocenters. The summed E-state index contributed by atoms with van der Waals surface area (Å²) >= 11 is 5.42. The molecule has 0 aliphatic heterocycles. The lowest BCUT2D eigenvalue weighted by atomic mass is 10.2. The van der Waals surface area contributed by atoms with E-state index < -0.39 is 0 Å². The zero-order valence-corrected chi connectivity index (χ0v) is 12.9. The van der Waals surface area contributed by atoms with Crippen LogP contribution in [0, 0.1) is 0 Å². The quantitative estimate of drug-likeness (QED) is 0.884. The zero-order valence-electron chi connectivity index (χ0n) is 10.5. The topological polar surface area (TPSA) is 24.9 Å². The van der Waals surface area contributed by atoms with Crippen LogP contribution in [-0.2, 0) is 6.54 Å². The molecule has 0 spiro atoms. The minimum absolute atomic E-state index is 0.748. The Balaban J connectivity index is 1.67. The van der Waals surface area contributed by atoms with Crippen LogP contribution < -0.4 is 5.32 Å². The largest absolute Gasteiger partial charge is 0.310 e. The maximum Gasteiger partial charge on any atom is 0.0279 e. The maximum atomic E-state index is 4.03. The third-order valence-electron chi connectivity index (χ3n) is 3.07. The Labute approximate surface area is 126 Å². The predicted octanol–water partition coefficient (Wildman–Crippen LogP) is 4.25. The summed E-state index contributed by atoms with van der Waals surface area (Å²) < 4.78 is 1.18. The van der Waals surface area contributed by atoms with Gasteiger partial charge in [-0.15, -0.1) is 0 Å². The van der Waals surface area contributed by atoms with Crippen LogP contribution >= 0.6 is 27.7 Å². The molecule has 0 radical (unpaired) electrons. The highest BCUT2D eigenvalue weighted by Crippen LogP contribution is 2.31. The summed E-state index contributed by atoms with van der Waals surface area (Å²) in [4.78, 5) is 6.49. The Morgan fingerprint density at radius 3 is 2.63 bits per heavy atom. The van der Waals surface area contributed by atoms with E-state index in [0.717, 1.165) is 12.6 Å². The van der Waals surface area contributed by atoms with Crippen LogP contribution in [-0.4, -0.2) is 11.0 Å². The van der Waals surface area contributed by atoms with Crippen molar-refractivity contribution in [1.82, 2.24) is 10.3 Å². The van der Waals surface area contributed by atoms with Crippen molar-refractivity contribution in [3.63, 3.8) is 0 Å². The van der Waals surface area contributed by atoms with Crippen LogP contribution in [0.4, 0.5) is 0 Å². The van der Waals surface area contributed by atoms with Crippen molar-refractivity contribution in [2.75, 3.05) is 0 Å².